The number of nitrogens with one attached hydrogen (secondary N) is 1. The number of aryl methyl sites for hydroxylation is 1. The van der Waals surface area contributed by atoms with Crippen molar-refractivity contribution in [2.75, 3.05) is 4.90 Å². The quantitative estimate of drug-likeness (QED) is 0.358. The van der Waals surface area contributed by atoms with Gasteiger partial charge in [0.05, 0.1) is 17.2 Å². The number of aliphatic hydroxyl groups excluding tert-OH is 1. The van der Waals surface area contributed by atoms with Crippen molar-refractivity contribution < 1.29 is 9.90 Å². The van der Waals surface area contributed by atoms with Crippen molar-refractivity contribution in [3.63, 3.8) is 0 Å². The second-order valence-electron chi connectivity index (χ2n) is 9.99. The third-order valence-corrected chi connectivity index (χ3v) is 7.97. The molecule has 0 saturated carbocycles. The monoisotopic (exact) mass is 502 g/mol. The van der Waals surface area contributed by atoms with E-state index in [1.165, 1.54) is 0 Å². The topological polar surface area (TPSA) is 64.4 Å². The van der Waals surface area contributed by atoms with E-state index in [1.807, 2.05) is 53.6 Å². The lowest BCUT2D eigenvalue weighted by Crippen LogP contribution is -2.45. The molecule has 0 fully saturated rings. The first-order valence-electron chi connectivity index (χ1n) is 11.6. The van der Waals surface area contributed by atoms with E-state index in [1.54, 1.807) is 35.6 Å². The van der Waals surface area contributed by atoms with Gasteiger partial charge < -0.3 is 5.11 Å². The number of halogens is 1. The van der Waals surface area contributed by atoms with Crippen molar-refractivity contribution in [1.82, 2.24) is 0 Å². The molecule has 1 atom stereocenters. The molecule has 0 amide bonds. The number of anilines is 1. The molecule has 1 aliphatic heterocycles. The number of rotatable bonds is 3. The van der Waals surface area contributed by atoms with Crippen LogP contribution in [0.3, 0.4) is 0 Å². The van der Waals surface area contributed by atoms with Crippen LogP contribution in [-0.2, 0) is 4.79 Å². The number of hydrogen-bond donors (Lipinski definition) is 2. The number of para-hydroxylation sites is 1. The average molecular weight is 503 g/mol. The van der Waals surface area contributed by atoms with Crippen molar-refractivity contribution in [1.29, 1.82) is 5.41 Å². The molecule has 1 aliphatic carbocycles. The predicted molar refractivity (Wildman–Crippen MR) is 144 cm³/mol. The van der Waals surface area contributed by atoms with Crippen LogP contribution >= 0.6 is 22.9 Å². The molecule has 2 N–H and O–H groups in total. The number of carbonyl (C=O) groups is 1. The Bertz CT molecular complexity index is 1380. The van der Waals surface area contributed by atoms with E-state index < -0.39 is 5.92 Å². The molecule has 4 nitrogen and oxygen atoms in total. The number of allylic oxidation sites excluding steroid dienone is 2. The Labute approximate surface area is 214 Å². The molecule has 3 aromatic rings. The first-order chi connectivity index (χ1) is 16.7. The molecule has 1 aromatic heterocycles. The zero-order chi connectivity index (χ0) is 24.9. The van der Waals surface area contributed by atoms with Crippen LogP contribution in [0.4, 0.5) is 5.69 Å². The van der Waals surface area contributed by atoms with E-state index in [0.717, 1.165) is 21.8 Å². The summed E-state index contributed by atoms with van der Waals surface area (Å²) in [7, 11) is 0. The van der Waals surface area contributed by atoms with E-state index in [9.17, 15) is 15.3 Å². The number of benzene rings is 2. The minimum Gasteiger partial charge on any atom is -0.507 e. The summed E-state index contributed by atoms with van der Waals surface area (Å²) in [4.78, 5) is 16.6. The molecule has 2 aromatic carbocycles. The highest BCUT2D eigenvalue weighted by Gasteiger charge is 2.47. The molecule has 0 bridgehead atoms. The van der Waals surface area contributed by atoms with Crippen LogP contribution in [0.5, 0.6) is 0 Å². The Morgan fingerprint density at radius 3 is 2.46 bits per heavy atom. The molecule has 0 saturated heterocycles. The Kier molecular flexibility index (Phi) is 5.94. The minimum absolute atomic E-state index is 0.00663. The number of amidine groups is 1. The number of carbonyl (C=O) groups excluding carboxylic acids is 1. The second-order valence-corrected chi connectivity index (χ2v) is 11.4. The molecule has 2 heterocycles. The van der Waals surface area contributed by atoms with Gasteiger partial charge in [-0.15, -0.1) is 11.3 Å². The fraction of sp³-hybridized carbons (Fsp3) is 0.241. The van der Waals surface area contributed by atoms with Gasteiger partial charge in [-0.3, -0.25) is 15.1 Å². The number of ketones is 1. The number of aliphatic hydroxyl groups is 1. The van der Waals surface area contributed by atoms with Crippen LogP contribution in [0, 0.1) is 17.7 Å². The summed E-state index contributed by atoms with van der Waals surface area (Å²) in [6.45, 7) is 6.21. The third-order valence-electron chi connectivity index (χ3n) is 6.78. The average Bonchev–Trinajstić information content (AvgIpc) is 3.33. The Balaban J connectivity index is 1.85. The molecule has 178 valence electrons. The Morgan fingerprint density at radius 2 is 1.80 bits per heavy atom. The summed E-state index contributed by atoms with van der Waals surface area (Å²) >= 11 is 7.64. The van der Waals surface area contributed by atoms with E-state index in [4.69, 9.17) is 11.6 Å². The number of thiophene rings is 1. The lowest BCUT2D eigenvalue weighted by Gasteiger charge is -2.45. The van der Waals surface area contributed by atoms with Gasteiger partial charge in [0.15, 0.2) is 5.78 Å². The molecule has 0 radical (unpaired) electrons. The molecular formula is C29H27ClN2O2S. The second kappa shape index (κ2) is 8.81. The lowest BCUT2D eigenvalue weighted by atomic mass is 9.68. The van der Waals surface area contributed by atoms with E-state index >= 15 is 0 Å². The van der Waals surface area contributed by atoms with Gasteiger partial charge in [0.1, 0.15) is 11.6 Å². The summed E-state index contributed by atoms with van der Waals surface area (Å²) in [6, 6.07) is 18.8. The van der Waals surface area contributed by atoms with Crippen LogP contribution in [0.2, 0.25) is 5.02 Å². The normalized spacial score (nSPS) is 21.3. The van der Waals surface area contributed by atoms with Crippen LogP contribution in [-0.4, -0.2) is 16.7 Å². The highest BCUT2D eigenvalue weighted by molar-refractivity contribution is 7.10. The van der Waals surface area contributed by atoms with Crippen molar-refractivity contribution in [2.24, 2.45) is 5.41 Å². The minimum atomic E-state index is -0.503. The number of Topliss-reactive ketones (excluding diaryl/α,β-unsaturated/α-hetero) is 1. The molecule has 0 spiro atoms. The first kappa shape index (κ1) is 23.6. The zero-order valence-corrected chi connectivity index (χ0v) is 21.5. The summed E-state index contributed by atoms with van der Waals surface area (Å²) < 4.78 is 0. The Hall–Kier alpha value is -3.15. The third kappa shape index (κ3) is 4.13. The maximum absolute atomic E-state index is 13.8. The van der Waals surface area contributed by atoms with Gasteiger partial charge >= 0.3 is 0 Å². The van der Waals surface area contributed by atoms with Crippen LogP contribution in [0.25, 0.3) is 5.76 Å². The smallest absolute Gasteiger partial charge is 0.162 e. The van der Waals surface area contributed by atoms with Crippen molar-refractivity contribution in [3.8, 4) is 0 Å². The fourth-order valence-corrected chi connectivity index (χ4v) is 6.17. The number of hydrogen-bond acceptors (Lipinski definition) is 4. The van der Waals surface area contributed by atoms with Crippen molar-refractivity contribution in [2.45, 2.75) is 39.5 Å². The molecular weight excluding hydrogens is 476 g/mol. The number of nitrogens with zero attached hydrogens (tertiary/aromatic N) is 1. The lowest BCUT2D eigenvalue weighted by molar-refractivity contribution is -0.118. The molecule has 6 heteroatoms. The van der Waals surface area contributed by atoms with E-state index in [2.05, 4.69) is 13.8 Å². The standard InChI is InChI=1S/C29H27ClN2O2S/c1-17-7-4-5-8-20(17)32-21-15-29(2,3)16-22(33)24(21)25(23-9-6-14-35-23)26(28(32)31)27(34)18-10-12-19(30)13-11-18/h4-14,25,31,34H,15-16H2,1-3H3/b27-26+,31-28?. The summed E-state index contributed by atoms with van der Waals surface area (Å²) in [5.74, 6) is -0.249. The maximum Gasteiger partial charge on any atom is 0.162 e. The SMILES string of the molecule is Cc1ccccc1N1C(=N)/C(=C(/O)c2ccc(Cl)cc2)C(c2cccs2)C2=C1CC(C)(C)CC2=O. The van der Waals surface area contributed by atoms with Crippen LogP contribution in [0.15, 0.2) is 82.9 Å². The summed E-state index contributed by atoms with van der Waals surface area (Å²) in [6.07, 6.45) is 1.10. The van der Waals surface area contributed by atoms with Crippen molar-refractivity contribution >= 4 is 46.0 Å². The van der Waals surface area contributed by atoms with E-state index in [-0.39, 0.29) is 22.8 Å². The van der Waals surface area contributed by atoms with E-state index in [0.29, 0.717) is 34.6 Å². The van der Waals surface area contributed by atoms with Crippen molar-refractivity contribution in [3.05, 3.63) is 104 Å². The fourth-order valence-electron chi connectivity index (χ4n) is 5.20. The summed E-state index contributed by atoms with van der Waals surface area (Å²) in [5, 5.41) is 23.6. The molecule has 35 heavy (non-hydrogen) atoms. The Morgan fingerprint density at radius 1 is 1.09 bits per heavy atom. The highest BCUT2D eigenvalue weighted by atomic mass is 35.5. The molecule has 2 aliphatic rings. The highest BCUT2D eigenvalue weighted by Crippen LogP contribution is 2.52. The van der Waals surface area contributed by atoms with Gasteiger partial charge in [-0.1, -0.05) is 49.7 Å². The molecule has 1 unspecified atom stereocenters. The molecule has 5 rings (SSSR count). The van der Waals surface area contributed by atoms with Gasteiger partial charge in [0, 0.05) is 33.2 Å². The van der Waals surface area contributed by atoms with Gasteiger partial charge in [0.25, 0.3) is 0 Å². The van der Waals surface area contributed by atoms with Crippen LogP contribution < -0.4 is 4.90 Å². The van der Waals surface area contributed by atoms with Gasteiger partial charge in [-0.2, -0.15) is 0 Å². The van der Waals surface area contributed by atoms with Gasteiger partial charge in [0.2, 0.25) is 0 Å². The van der Waals surface area contributed by atoms with Gasteiger partial charge in [-0.25, -0.2) is 0 Å². The predicted octanol–water partition coefficient (Wildman–Crippen LogP) is 7.90. The largest absolute Gasteiger partial charge is 0.507 e. The van der Waals surface area contributed by atoms with Gasteiger partial charge in [-0.05, 0) is 66.1 Å². The zero-order valence-electron chi connectivity index (χ0n) is 19.9. The summed E-state index contributed by atoms with van der Waals surface area (Å²) in [5.41, 5.74) is 4.16. The first-order valence-corrected chi connectivity index (χ1v) is 12.9. The maximum atomic E-state index is 13.8. The van der Waals surface area contributed by atoms with Crippen LogP contribution in [0.1, 0.15) is 48.6 Å².